The number of carbonyl (C=O) groups is 1. The van der Waals surface area contributed by atoms with E-state index in [-0.39, 0.29) is 23.8 Å². The minimum Gasteiger partial charge on any atom is -0.490 e. The van der Waals surface area contributed by atoms with Crippen molar-refractivity contribution < 1.29 is 14.3 Å². The average molecular weight is 400 g/mol. The topological polar surface area (TPSA) is 65.4 Å². The van der Waals surface area contributed by atoms with Crippen LogP contribution in [0.3, 0.4) is 0 Å². The number of fused-ring (bicyclic) bond motifs is 1. The Labute approximate surface area is 173 Å². The largest absolute Gasteiger partial charge is 0.490 e. The lowest BCUT2D eigenvalue weighted by Crippen LogP contribution is -2.37. The summed E-state index contributed by atoms with van der Waals surface area (Å²) in [6, 6.07) is 5.87. The third kappa shape index (κ3) is 4.74. The van der Waals surface area contributed by atoms with Crippen LogP contribution in [0, 0.1) is 32.6 Å². The third-order valence-corrected chi connectivity index (χ3v) is 5.73. The van der Waals surface area contributed by atoms with E-state index in [1.807, 2.05) is 36.7 Å². The molecule has 0 saturated carbocycles. The van der Waals surface area contributed by atoms with E-state index >= 15 is 0 Å². The predicted octanol–water partition coefficient (Wildman–Crippen LogP) is 4.12. The molecule has 1 aromatic carbocycles. The Morgan fingerprint density at radius 1 is 1.14 bits per heavy atom. The van der Waals surface area contributed by atoms with Gasteiger partial charge in [-0.15, -0.1) is 0 Å². The van der Waals surface area contributed by atoms with Gasteiger partial charge >= 0.3 is 0 Å². The van der Waals surface area contributed by atoms with Gasteiger partial charge in [0.05, 0.1) is 37.4 Å². The summed E-state index contributed by atoms with van der Waals surface area (Å²) >= 11 is 0. The zero-order chi connectivity index (χ0) is 21.1. The van der Waals surface area contributed by atoms with Gasteiger partial charge in [0.2, 0.25) is 5.91 Å². The Hall–Kier alpha value is -2.50. The zero-order valence-electron chi connectivity index (χ0n) is 18.4. The molecular formula is C23H33N3O3. The molecule has 1 aliphatic heterocycles. The number of amides is 1. The Balaban J connectivity index is 1.73. The van der Waals surface area contributed by atoms with E-state index in [1.165, 1.54) is 5.56 Å². The van der Waals surface area contributed by atoms with Crippen molar-refractivity contribution in [3.63, 3.8) is 0 Å². The molecule has 6 nitrogen and oxygen atoms in total. The van der Waals surface area contributed by atoms with Crippen LogP contribution in [0.2, 0.25) is 0 Å². The maximum Gasteiger partial charge on any atom is 0.225 e. The van der Waals surface area contributed by atoms with E-state index in [1.54, 1.807) is 0 Å². The first-order chi connectivity index (χ1) is 13.8. The number of ether oxygens (including phenoxy) is 2. The van der Waals surface area contributed by atoms with E-state index in [0.29, 0.717) is 19.8 Å². The Bertz CT molecular complexity index is 872. The minimum atomic E-state index is -0.186. The molecule has 0 bridgehead atoms. The number of nitrogens with zero attached hydrogens (tertiary/aromatic N) is 2. The number of benzene rings is 1. The Morgan fingerprint density at radius 3 is 2.45 bits per heavy atom. The highest BCUT2D eigenvalue weighted by Crippen LogP contribution is 2.34. The van der Waals surface area contributed by atoms with E-state index < -0.39 is 0 Å². The second-order valence-electron chi connectivity index (χ2n) is 8.37. The van der Waals surface area contributed by atoms with Crippen LogP contribution in [0.4, 0.5) is 0 Å². The van der Waals surface area contributed by atoms with Crippen LogP contribution in [0.25, 0.3) is 0 Å². The second-order valence-corrected chi connectivity index (χ2v) is 8.37. The first kappa shape index (κ1) is 21.2. The smallest absolute Gasteiger partial charge is 0.225 e. The predicted molar refractivity (Wildman–Crippen MR) is 113 cm³/mol. The number of aromatic nitrogens is 2. The molecule has 2 heterocycles. The van der Waals surface area contributed by atoms with Crippen LogP contribution >= 0.6 is 0 Å². The lowest BCUT2D eigenvalue weighted by Gasteiger charge is -2.25. The summed E-state index contributed by atoms with van der Waals surface area (Å²) in [5.74, 6) is 1.61. The van der Waals surface area contributed by atoms with Gasteiger partial charge < -0.3 is 14.8 Å². The summed E-state index contributed by atoms with van der Waals surface area (Å²) < 4.78 is 13.5. The van der Waals surface area contributed by atoms with Gasteiger partial charge in [0, 0.05) is 12.1 Å². The summed E-state index contributed by atoms with van der Waals surface area (Å²) in [6.45, 7) is 14.2. The van der Waals surface area contributed by atoms with Gasteiger partial charge in [-0.2, -0.15) is 5.10 Å². The van der Waals surface area contributed by atoms with Gasteiger partial charge in [-0.1, -0.05) is 26.8 Å². The highest BCUT2D eigenvalue weighted by Gasteiger charge is 2.24. The lowest BCUT2D eigenvalue weighted by molar-refractivity contribution is -0.126. The molecule has 0 spiro atoms. The number of hydrogen-bond acceptors (Lipinski definition) is 4. The van der Waals surface area contributed by atoms with E-state index in [0.717, 1.165) is 34.9 Å². The van der Waals surface area contributed by atoms with Crippen LogP contribution in [0.1, 0.15) is 55.7 Å². The molecule has 0 saturated heterocycles. The molecule has 29 heavy (non-hydrogen) atoms. The summed E-state index contributed by atoms with van der Waals surface area (Å²) in [4.78, 5) is 13.0. The van der Waals surface area contributed by atoms with Gasteiger partial charge in [-0.3, -0.25) is 9.48 Å². The highest BCUT2D eigenvalue weighted by atomic mass is 16.5. The van der Waals surface area contributed by atoms with E-state index in [9.17, 15) is 4.79 Å². The standard InChI is InChI=1S/C23H33N3O3/c1-14(2)22(19-8-9-20-21(12-19)29-11-7-10-28-20)24-23(27)15(3)13-26-18(6)16(4)17(5)25-26/h8-9,12,14-15,22H,7,10-11,13H2,1-6H3,(H,24,27)/t15-,22+/m1/s1. The van der Waals surface area contributed by atoms with Gasteiger partial charge in [0.1, 0.15) is 0 Å². The molecule has 2 atom stereocenters. The van der Waals surface area contributed by atoms with Crippen molar-refractivity contribution in [2.75, 3.05) is 13.2 Å². The zero-order valence-corrected chi connectivity index (χ0v) is 18.4. The fourth-order valence-electron chi connectivity index (χ4n) is 3.61. The van der Waals surface area contributed by atoms with Gasteiger partial charge in [-0.25, -0.2) is 0 Å². The fourth-order valence-corrected chi connectivity index (χ4v) is 3.61. The number of hydrogen-bond donors (Lipinski definition) is 1. The van der Waals surface area contributed by atoms with Gasteiger partial charge in [0.25, 0.3) is 0 Å². The van der Waals surface area contributed by atoms with E-state index in [4.69, 9.17) is 9.47 Å². The van der Waals surface area contributed by atoms with Crippen LogP contribution in [-0.2, 0) is 11.3 Å². The highest BCUT2D eigenvalue weighted by molar-refractivity contribution is 5.78. The molecule has 158 valence electrons. The van der Waals surface area contributed by atoms with Crippen LogP contribution in [0.5, 0.6) is 11.5 Å². The maximum atomic E-state index is 13.0. The van der Waals surface area contributed by atoms with Crippen molar-refractivity contribution in [1.82, 2.24) is 15.1 Å². The number of aryl methyl sites for hydroxylation is 1. The lowest BCUT2D eigenvalue weighted by atomic mass is 9.94. The molecule has 1 aliphatic rings. The molecule has 6 heteroatoms. The number of carbonyl (C=O) groups excluding carboxylic acids is 1. The first-order valence-corrected chi connectivity index (χ1v) is 10.5. The number of rotatable bonds is 6. The summed E-state index contributed by atoms with van der Waals surface area (Å²) in [6.07, 6.45) is 0.873. The van der Waals surface area contributed by atoms with Crippen molar-refractivity contribution in [3.8, 4) is 11.5 Å². The average Bonchev–Trinajstić information content (AvgIpc) is 2.86. The molecular weight excluding hydrogens is 366 g/mol. The minimum absolute atomic E-state index is 0.0287. The first-order valence-electron chi connectivity index (χ1n) is 10.5. The van der Waals surface area contributed by atoms with Crippen molar-refractivity contribution >= 4 is 5.91 Å². The van der Waals surface area contributed by atoms with Crippen molar-refractivity contribution in [3.05, 3.63) is 40.7 Å². The molecule has 0 radical (unpaired) electrons. The Morgan fingerprint density at radius 2 is 1.83 bits per heavy atom. The summed E-state index contributed by atoms with van der Waals surface area (Å²) in [5.41, 5.74) is 4.35. The quantitative estimate of drug-likeness (QED) is 0.794. The van der Waals surface area contributed by atoms with Crippen molar-refractivity contribution in [2.24, 2.45) is 11.8 Å². The van der Waals surface area contributed by atoms with Crippen molar-refractivity contribution in [2.45, 2.75) is 60.5 Å². The van der Waals surface area contributed by atoms with Gasteiger partial charge in [0.15, 0.2) is 11.5 Å². The molecule has 1 aromatic heterocycles. The van der Waals surface area contributed by atoms with Crippen molar-refractivity contribution in [1.29, 1.82) is 0 Å². The molecule has 1 amide bonds. The molecule has 3 rings (SSSR count). The summed E-state index contributed by atoms with van der Waals surface area (Å²) in [7, 11) is 0. The van der Waals surface area contributed by atoms with Crippen LogP contribution in [-0.4, -0.2) is 28.9 Å². The molecule has 0 aliphatic carbocycles. The van der Waals surface area contributed by atoms with Crippen LogP contribution in [0.15, 0.2) is 18.2 Å². The second kappa shape index (κ2) is 8.89. The SMILES string of the molecule is Cc1nn(C[C@@H](C)C(=O)N[C@H](c2ccc3c(c2)OCCCO3)C(C)C)c(C)c1C. The maximum absolute atomic E-state index is 13.0. The van der Waals surface area contributed by atoms with Gasteiger partial charge in [-0.05, 0) is 49.9 Å². The molecule has 1 N–H and O–H groups in total. The molecule has 2 aromatic rings. The molecule has 0 unspecified atom stereocenters. The summed E-state index contributed by atoms with van der Waals surface area (Å²) in [5, 5.41) is 7.81. The van der Waals surface area contributed by atoms with Crippen LogP contribution < -0.4 is 14.8 Å². The fraction of sp³-hybridized carbons (Fsp3) is 0.565. The van der Waals surface area contributed by atoms with E-state index in [2.05, 4.69) is 38.1 Å². The third-order valence-electron chi connectivity index (χ3n) is 5.73. The number of nitrogens with one attached hydrogen (secondary N) is 1. The monoisotopic (exact) mass is 399 g/mol. The Kier molecular flexibility index (Phi) is 6.50. The normalized spacial score (nSPS) is 15.7. The molecule has 0 fully saturated rings.